The first-order chi connectivity index (χ1) is 7.06. The third-order valence-corrected chi connectivity index (χ3v) is 1.97. The third kappa shape index (κ3) is 2.66. The molecule has 6 heteroatoms. The molecule has 0 aliphatic rings. The minimum atomic E-state index is -0.507. The molecule has 2 amide bonds. The number of hydrogen-bond donors (Lipinski definition) is 0. The summed E-state index contributed by atoms with van der Waals surface area (Å²) in [4.78, 5) is 23.3. The summed E-state index contributed by atoms with van der Waals surface area (Å²) in [6.07, 6.45) is 0. The molecular weight excluding hydrogens is 218 g/mol. The van der Waals surface area contributed by atoms with E-state index in [4.69, 9.17) is 11.6 Å². The van der Waals surface area contributed by atoms with Crippen molar-refractivity contribution in [2.24, 2.45) is 5.29 Å². The van der Waals surface area contributed by atoms with E-state index in [1.807, 2.05) is 0 Å². The summed E-state index contributed by atoms with van der Waals surface area (Å²) in [5.74, 6) is 0. The van der Waals surface area contributed by atoms with E-state index < -0.39 is 6.03 Å². The lowest BCUT2D eigenvalue weighted by Gasteiger charge is -2.18. The van der Waals surface area contributed by atoms with Crippen molar-refractivity contribution >= 4 is 23.3 Å². The smallest absolute Gasteiger partial charge is 0.329 e. The fourth-order valence-electron chi connectivity index (χ4n) is 0.964. The Balaban J connectivity index is 2.97. The second-order valence-electron chi connectivity index (χ2n) is 3.05. The maximum Gasteiger partial charge on any atom is 0.347 e. The van der Waals surface area contributed by atoms with E-state index in [1.54, 1.807) is 24.3 Å². The Morgan fingerprint density at radius 3 is 2.20 bits per heavy atom. The zero-order valence-electron chi connectivity index (χ0n) is 8.35. The van der Waals surface area contributed by atoms with Crippen molar-refractivity contribution in [2.45, 2.75) is 0 Å². The van der Waals surface area contributed by atoms with Gasteiger partial charge in [-0.2, -0.15) is 0 Å². The maximum absolute atomic E-state index is 11.5. The molecule has 0 radical (unpaired) electrons. The van der Waals surface area contributed by atoms with Crippen molar-refractivity contribution < 1.29 is 4.79 Å². The van der Waals surface area contributed by atoms with Gasteiger partial charge in [0.15, 0.2) is 0 Å². The van der Waals surface area contributed by atoms with Gasteiger partial charge >= 0.3 is 6.03 Å². The van der Waals surface area contributed by atoms with Crippen LogP contribution in [0.5, 0.6) is 0 Å². The van der Waals surface area contributed by atoms with Crippen LogP contribution in [0.3, 0.4) is 0 Å². The number of nitrogens with zero attached hydrogens (tertiary/aromatic N) is 3. The van der Waals surface area contributed by atoms with Gasteiger partial charge in [-0.1, -0.05) is 11.6 Å². The average molecular weight is 228 g/mol. The molecule has 0 N–H and O–H groups in total. The molecule has 1 aromatic rings. The summed E-state index contributed by atoms with van der Waals surface area (Å²) in [6.45, 7) is 0. The molecule has 5 nitrogen and oxygen atoms in total. The van der Waals surface area contributed by atoms with Crippen molar-refractivity contribution in [3.05, 3.63) is 34.2 Å². The van der Waals surface area contributed by atoms with Crippen LogP contribution in [0.2, 0.25) is 5.02 Å². The monoisotopic (exact) mass is 227 g/mol. The Morgan fingerprint density at radius 2 is 1.80 bits per heavy atom. The van der Waals surface area contributed by atoms with Crippen LogP contribution in [-0.4, -0.2) is 25.0 Å². The molecule has 0 saturated heterocycles. The molecule has 1 aromatic carbocycles. The molecule has 0 heterocycles. The number of amides is 2. The van der Waals surface area contributed by atoms with Gasteiger partial charge < -0.3 is 4.90 Å². The highest BCUT2D eigenvalue weighted by Gasteiger charge is 2.17. The van der Waals surface area contributed by atoms with E-state index in [1.165, 1.54) is 19.0 Å². The molecule has 0 aromatic heterocycles. The fraction of sp³-hybridized carbons (Fsp3) is 0.222. The van der Waals surface area contributed by atoms with Crippen LogP contribution in [0.4, 0.5) is 10.5 Å². The van der Waals surface area contributed by atoms with Gasteiger partial charge in [0.2, 0.25) is 0 Å². The first-order valence-electron chi connectivity index (χ1n) is 4.16. The molecule has 0 bridgehead atoms. The van der Waals surface area contributed by atoms with Crippen LogP contribution >= 0.6 is 11.6 Å². The first-order valence-corrected chi connectivity index (χ1v) is 4.54. The van der Waals surface area contributed by atoms with Crippen molar-refractivity contribution in [1.82, 2.24) is 4.90 Å². The molecular formula is C9H10ClN3O2. The van der Waals surface area contributed by atoms with Crippen molar-refractivity contribution in [3.63, 3.8) is 0 Å². The fourth-order valence-corrected chi connectivity index (χ4v) is 1.09. The number of rotatable bonds is 2. The van der Waals surface area contributed by atoms with Gasteiger partial charge in [-0.15, -0.1) is 9.92 Å². The lowest BCUT2D eigenvalue weighted by Crippen LogP contribution is -2.35. The van der Waals surface area contributed by atoms with Crippen LogP contribution in [0.1, 0.15) is 0 Å². The molecule has 0 saturated carbocycles. The molecule has 0 aliphatic heterocycles. The van der Waals surface area contributed by atoms with Gasteiger partial charge in [0.05, 0.1) is 11.0 Å². The van der Waals surface area contributed by atoms with Crippen LogP contribution < -0.4 is 5.01 Å². The average Bonchev–Trinajstić information content (AvgIpc) is 2.21. The summed E-state index contributed by atoms with van der Waals surface area (Å²) in [6, 6.07) is 5.75. The second kappa shape index (κ2) is 4.75. The predicted octanol–water partition coefficient (Wildman–Crippen LogP) is 2.51. The van der Waals surface area contributed by atoms with Crippen molar-refractivity contribution in [3.8, 4) is 0 Å². The third-order valence-electron chi connectivity index (χ3n) is 1.72. The van der Waals surface area contributed by atoms with E-state index in [0.717, 1.165) is 5.01 Å². The number of nitroso groups, excluding NO2 is 1. The summed E-state index contributed by atoms with van der Waals surface area (Å²) in [7, 11) is 3.08. The molecule has 15 heavy (non-hydrogen) atoms. The first kappa shape index (κ1) is 11.5. The molecule has 0 fully saturated rings. The largest absolute Gasteiger partial charge is 0.347 e. The summed E-state index contributed by atoms with van der Waals surface area (Å²) in [5.41, 5.74) is 0.383. The van der Waals surface area contributed by atoms with Crippen LogP contribution in [-0.2, 0) is 0 Å². The minimum absolute atomic E-state index is 0.383. The van der Waals surface area contributed by atoms with Gasteiger partial charge in [0.25, 0.3) is 0 Å². The number of hydrogen-bond acceptors (Lipinski definition) is 3. The quantitative estimate of drug-likeness (QED) is 0.576. The molecule has 1 rings (SSSR count). The highest BCUT2D eigenvalue weighted by molar-refractivity contribution is 6.30. The zero-order chi connectivity index (χ0) is 11.4. The highest BCUT2D eigenvalue weighted by atomic mass is 35.5. The number of carbonyl (C=O) groups excluding carboxylic acids is 1. The topological polar surface area (TPSA) is 53.0 Å². The molecule has 0 aliphatic carbocycles. The highest BCUT2D eigenvalue weighted by Crippen LogP contribution is 2.19. The number of urea groups is 1. The Morgan fingerprint density at radius 1 is 1.27 bits per heavy atom. The number of anilines is 1. The normalized spacial score (nSPS) is 9.53. The molecule has 0 atom stereocenters. The van der Waals surface area contributed by atoms with Gasteiger partial charge in [-0.25, -0.2) is 4.79 Å². The Bertz CT molecular complexity index is 364. The minimum Gasteiger partial charge on any atom is -0.329 e. The number of carbonyl (C=O) groups is 1. The lowest BCUT2D eigenvalue weighted by atomic mass is 10.3. The van der Waals surface area contributed by atoms with E-state index in [9.17, 15) is 9.70 Å². The second-order valence-corrected chi connectivity index (χ2v) is 3.48. The molecule has 80 valence electrons. The Labute approximate surface area is 92.2 Å². The summed E-state index contributed by atoms with van der Waals surface area (Å²) >= 11 is 5.68. The number of benzene rings is 1. The van der Waals surface area contributed by atoms with E-state index >= 15 is 0 Å². The summed E-state index contributed by atoms with van der Waals surface area (Å²) in [5, 5.41) is 3.95. The van der Waals surface area contributed by atoms with Gasteiger partial charge in [-0.05, 0) is 24.3 Å². The van der Waals surface area contributed by atoms with E-state index in [0.29, 0.717) is 10.7 Å². The zero-order valence-corrected chi connectivity index (χ0v) is 9.10. The Hall–Kier alpha value is -1.62. The van der Waals surface area contributed by atoms with Crippen LogP contribution in [0, 0.1) is 4.91 Å². The molecule has 0 unspecified atom stereocenters. The van der Waals surface area contributed by atoms with Crippen molar-refractivity contribution in [2.75, 3.05) is 19.1 Å². The number of halogens is 1. The van der Waals surface area contributed by atoms with Crippen LogP contribution in [0.25, 0.3) is 0 Å². The van der Waals surface area contributed by atoms with Gasteiger partial charge in [-0.3, -0.25) is 0 Å². The predicted molar refractivity (Wildman–Crippen MR) is 58.8 cm³/mol. The van der Waals surface area contributed by atoms with E-state index in [-0.39, 0.29) is 0 Å². The van der Waals surface area contributed by atoms with Gasteiger partial charge in [0, 0.05) is 19.1 Å². The SMILES string of the molecule is CN(C)C(=O)N(N=O)c1ccc(Cl)cc1. The Kier molecular flexibility index (Phi) is 3.62. The standard InChI is InChI=1S/C9H10ClN3O2/c1-12(2)9(14)13(11-15)8-5-3-7(10)4-6-8/h3-6H,1-2H3. The van der Waals surface area contributed by atoms with E-state index in [2.05, 4.69) is 5.29 Å². The van der Waals surface area contributed by atoms with Crippen molar-refractivity contribution in [1.29, 1.82) is 0 Å². The summed E-state index contributed by atoms with van der Waals surface area (Å²) < 4.78 is 0. The lowest BCUT2D eigenvalue weighted by molar-refractivity contribution is 0.224. The molecule has 0 spiro atoms. The maximum atomic E-state index is 11.5. The van der Waals surface area contributed by atoms with Crippen LogP contribution in [0.15, 0.2) is 29.6 Å². The van der Waals surface area contributed by atoms with Gasteiger partial charge in [0.1, 0.15) is 0 Å².